The van der Waals surface area contributed by atoms with E-state index in [1.807, 2.05) is 0 Å². The second-order valence-electron chi connectivity index (χ2n) is 4.74. The highest BCUT2D eigenvalue weighted by Crippen LogP contribution is 2.25. The fourth-order valence-electron chi connectivity index (χ4n) is 1.56. The SMILES string of the molecule is CCCCN(C)C(C)(C)C(C)CC. The summed E-state index contributed by atoms with van der Waals surface area (Å²) in [5.74, 6) is 0.773. The van der Waals surface area contributed by atoms with Crippen LogP contribution in [-0.4, -0.2) is 24.0 Å². The minimum atomic E-state index is 0.351. The Kier molecular flexibility index (Phi) is 5.62. The van der Waals surface area contributed by atoms with Gasteiger partial charge in [-0.15, -0.1) is 0 Å². The van der Waals surface area contributed by atoms with Gasteiger partial charge in [0.15, 0.2) is 0 Å². The zero-order chi connectivity index (χ0) is 10.5. The van der Waals surface area contributed by atoms with Gasteiger partial charge in [0.05, 0.1) is 0 Å². The summed E-state index contributed by atoms with van der Waals surface area (Å²) in [4.78, 5) is 2.50. The van der Waals surface area contributed by atoms with Crippen molar-refractivity contribution in [2.75, 3.05) is 13.6 Å². The molecule has 0 N–H and O–H groups in total. The van der Waals surface area contributed by atoms with E-state index in [1.165, 1.54) is 25.8 Å². The summed E-state index contributed by atoms with van der Waals surface area (Å²) in [5, 5.41) is 0. The molecule has 0 aliphatic rings. The molecule has 0 saturated carbocycles. The molecule has 1 nitrogen and oxygen atoms in total. The molecule has 1 unspecified atom stereocenters. The Balaban J connectivity index is 4.09. The molecule has 0 aliphatic carbocycles. The van der Waals surface area contributed by atoms with E-state index in [-0.39, 0.29) is 0 Å². The highest BCUT2D eigenvalue weighted by Gasteiger charge is 2.28. The molecule has 0 bridgehead atoms. The summed E-state index contributed by atoms with van der Waals surface area (Å²) in [6, 6.07) is 0. The van der Waals surface area contributed by atoms with Gasteiger partial charge in [0.1, 0.15) is 0 Å². The van der Waals surface area contributed by atoms with Crippen LogP contribution in [0.3, 0.4) is 0 Å². The molecule has 0 aliphatic heterocycles. The van der Waals surface area contributed by atoms with E-state index in [4.69, 9.17) is 0 Å². The van der Waals surface area contributed by atoms with Crippen LogP contribution in [0.2, 0.25) is 0 Å². The molecule has 0 heterocycles. The quantitative estimate of drug-likeness (QED) is 0.612. The Labute approximate surface area is 84.5 Å². The van der Waals surface area contributed by atoms with Gasteiger partial charge >= 0.3 is 0 Å². The lowest BCUT2D eigenvalue weighted by atomic mass is 9.85. The van der Waals surface area contributed by atoms with E-state index < -0.39 is 0 Å². The minimum absolute atomic E-state index is 0.351. The van der Waals surface area contributed by atoms with Crippen molar-refractivity contribution in [1.29, 1.82) is 0 Å². The van der Waals surface area contributed by atoms with Gasteiger partial charge < -0.3 is 4.90 Å². The van der Waals surface area contributed by atoms with Gasteiger partial charge in [0.25, 0.3) is 0 Å². The predicted octanol–water partition coefficient (Wildman–Crippen LogP) is 3.54. The number of hydrogen-bond donors (Lipinski definition) is 0. The normalized spacial score (nSPS) is 15.0. The van der Waals surface area contributed by atoms with E-state index in [2.05, 4.69) is 46.6 Å². The van der Waals surface area contributed by atoms with Gasteiger partial charge in [-0.3, -0.25) is 0 Å². The molecule has 0 amide bonds. The lowest BCUT2D eigenvalue weighted by Crippen LogP contribution is -2.46. The monoisotopic (exact) mass is 185 g/mol. The number of unbranched alkanes of at least 4 members (excludes halogenated alkanes) is 1. The first kappa shape index (κ1) is 13.0. The smallest absolute Gasteiger partial charge is 0.0175 e. The summed E-state index contributed by atoms with van der Waals surface area (Å²) < 4.78 is 0. The van der Waals surface area contributed by atoms with Crippen molar-refractivity contribution in [2.45, 2.75) is 59.4 Å². The van der Waals surface area contributed by atoms with Gasteiger partial charge in [-0.25, -0.2) is 0 Å². The topological polar surface area (TPSA) is 3.24 Å². The standard InChI is InChI=1S/C12H27N/c1-7-9-10-13(6)12(4,5)11(3)8-2/h11H,7-10H2,1-6H3. The third-order valence-corrected chi connectivity index (χ3v) is 3.65. The summed E-state index contributed by atoms with van der Waals surface area (Å²) in [6.07, 6.45) is 3.88. The molecule has 0 fully saturated rings. The highest BCUT2D eigenvalue weighted by atomic mass is 15.2. The Morgan fingerprint density at radius 3 is 2.15 bits per heavy atom. The molecule has 0 aromatic heterocycles. The second kappa shape index (κ2) is 5.64. The van der Waals surface area contributed by atoms with E-state index in [9.17, 15) is 0 Å². The van der Waals surface area contributed by atoms with Gasteiger partial charge in [-0.05, 0) is 39.8 Å². The van der Waals surface area contributed by atoms with Crippen LogP contribution in [0.4, 0.5) is 0 Å². The van der Waals surface area contributed by atoms with Crippen molar-refractivity contribution in [3.63, 3.8) is 0 Å². The van der Waals surface area contributed by atoms with Crippen molar-refractivity contribution in [2.24, 2.45) is 5.92 Å². The molecule has 0 radical (unpaired) electrons. The van der Waals surface area contributed by atoms with Crippen LogP contribution < -0.4 is 0 Å². The second-order valence-corrected chi connectivity index (χ2v) is 4.74. The Hall–Kier alpha value is -0.0400. The molecule has 0 aromatic rings. The molecule has 0 rings (SSSR count). The average Bonchev–Trinajstić information content (AvgIpc) is 2.12. The summed E-state index contributed by atoms with van der Waals surface area (Å²) in [6.45, 7) is 12.8. The maximum absolute atomic E-state index is 2.50. The van der Waals surface area contributed by atoms with Gasteiger partial charge in [0.2, 0.25) is 0 Å². The average molecular weight is 185 g/mol. The van der Waals surface area contributed by atoms with E-state index in [1.54, 1.807) is 0 Å². The van der Waals surface area contributed by atoms with Crippen molar-refractivity contribution in [3.8, 4) is 0 Å². The van der Waals surface area contributed by atoms with Gasteiger partial charge in [0, 0.05) is 5.54 Å². The van der Waals surface area contributed by atoms with Crippen LogP contribution in [-0.2, 0) is 0 Å². The van der Waals surface area contributed by atoms with Crippen LogP contribution in [0.25, 0.3) is 0 Å². The fraction of sp³-hybridized carbons (Fsp3) is 1.00. The van der Waals surface area contributed by atoms with Crippen molar-refractivity contribution < 1.29 is 0 Å². The van der Waals surface area contributed by atoms with Crippen LogP contribution in [0.5, 0.6) is 0 Å². The fourth-order valence-corrected chi connectivity index (χ4v) is 1.56. The van der Waals surface area contributed by atoms with Crippen molar-refractivity contribution in [1.82, 2.24) is 4.90 Å². The third-order valence-electron chi connectivity index (χ3n) is 3.65. The molecule has 0 saturated heterocycles. The first-order valence-corrected chi connectivity index (χ1v) is 5.68. The summed E-state index contributed by atoms with van der Waals surface area (Å²) in [5.41, 5.74) is 0.351. The number of hydrogen-bond acceptors (Lipinski definition) is 1. The summed E-state index contributed by atoms with van der Waals surface area (Å²) in [7, 11) is 2.25. The predicted molar refractivity (Wildman–Crippen MR) is 61.1 cm³/mol. The lowest BCUT2D eigenvalue weighted by molar-refractivity contribution is 0.0935. The largest absolute Gasteiger partial charge is 0.301 e. The van der Waals surface area contributed by atoms with Crippen molar-refractivity contribution in [3.05, 3.63) is 0 Å². The number of rotatable bonds is 6. The Bertz CT molecular complexity index is 129. The van der Waals surface area contributed by atoms with E-state index in [0.717, 1.165) is 5.92 Å². The Morgan fingerprint density at radius 1 is 1.23 bits per heavy atom. The van der Waals surface area contributed by atoms with Gasteiger partial charge in [-0.1, -0.05) is 33.6 Å². The molecule has 0 aromatic carbocycles. The molecular weight excluding hydrogens is 158 g/mol. The molecule has 1 atom stereocenters. The number of nitrogens with zero attached hydrogens (tertiary/aromatic N) is 1. The molecule has 80 valence electrons. The zero-order valence-electron chi connectivity index (χ0n) is 10.4. The van der Waals surface area contributed by atoms with Crippen LogP contribution >= 0.6 is 0 Å². The van der Waals surface area contributed by atoms with E-state index in [0.29, 0.717) is 5.54 Å². The van der Waals surface area contributed by atoms with Crippen LogP contribution in [0.15, 0.2) is 0 Å². The zero-order valence-corrected chi connectivity index (χ0v) is 10.4. The maximum Gasteiger partial charge on any atom is 0.0175 e. The first-order valence-electron chi connectivity index (χ1n) is 5.68. The first-order chi connectivity index (χ1) is 5.96. The summed E-state index contributed by atoms with van der Waals surface area (Å²) >= 11 is 0. The lowest BCUT2D eigenvalue weighted by Gasteiger charge is -2.40. The maximum atomic E-state index is 2.50. The Morgan fingerprint density at radius 2 is 1.77 bits per heavy atom. The van der Waals surface area contributed by atoms with Crippen LogP contribution in [0, 0.1) is 5.92 Å². The third kappa shape index (κ3) is 3.68. The van der Waals surface area contributed by atoms with Crippen molar-refractivity contribution >= 4 is 0 Å². The highest BCUT2D eigenvalue weighted by molar-refractivity contribution is 4.83. The minimum Gasteiger partial charge on any atom is -0.301 e. The molecule has 1 heteroatoms. The van der Waals surface area contributed by atoms with Gasteiger partial charge in [-0.2, -0.15) is 0 Å². The molecular formula is C12H27N. The molecule has 0 spiro atoms. The van der Waals surface area contributed by atoms with E-state index >= 15 is 0 Å². The molecule has 13 heavy (non-hydrogen) atoms. The van der Waals surface area contributed by atoms with Crippen LogP contribution in [0.1, 0.15) is 53.9 Å².